The molecule has 0 saturated carbocycles. The zero-order valence-corrected chi connectivity index (χ0v) is 28.4. The molecule has 246 valence electrons. The number of β-lactam (4-membered cyclic amide) rings is 1. The molecule has 0 aromatic carbocycles. The summed E-state index contributed by atoms with van der Waals surface area (Å²) in [7, 11) is 3.91. The first-order valence-electron chi connectivity index (χ1n) is 14.6. The van der Waals surface area contributed by atoms with E-state index in [1.165, 1.54) is 46.7 Å². The van der Waals surface area contributed by atoms with Crippen LogP contribution in [0.1, 0.15) is 45.7 Å². The number of likely N-dealkylation sites (N-methyl/N-ethyl adjacent to an activating group) is 1. The van der Waals surface area contributed by atoms with Gasteiger partial charge in [0.1, 0.15) is 17.1 Å². The minimum absolute atomic E-state index is 0.0240. The highest BCUT2D eigenvalue weighted by Crippen LogP contribution is 2.42. The van der Waals surface area contributed by atoms with Crippen LogP contribution < -0.4 is 11.1 Å². The van der Waals surface area contributed by atoms with E-state index in [1.54, 1.807) is 10.1 Å². The fraction of sp³-hybridized carbons (Fsp3) is 0.630. The van der Waals surface area contributed by atoms with Gasteiger partial charge in [0, 0.05) is 36.8 Å². The van der Waals surface area contributed by atoms with Gasteiger partial charge >= 0.3 is 11.9 Å². The summed E-state index contributed by atoms with van der Waals surface area (Å²) in [5.41, 5.74) is 6.89. The lowest BCUT2D eigenvalue weighted by Gasteiger charge is -2.49. The van der Waals surface area contributed by atoms with Gasteiger partial charge in [-0.1, -0.05) is 38.5 Å². The van der Waals surface area contributed by atoms with Crippen LogP contribution in [0.5, 0.6) is 0 Å². The van der Waals surface area contributed by atoms with Gasteiger partial charge in [-0.25, -0.2) is 14.5 Å². The molecule has 1 saturated heterocycles. The van der Waals surface area contributed by atoms with Gasteiger partial charge in [-0.3, -0.25) is 19.3 Å². The quantitative estimate of drug-likeness (QED) is 0.112. The highest BCUT2D eigenvalue weighted by atomic mass is 32.2. The number of hydrogen-bond acceptors (Lipinski definition) is 15. The number of carbonyl (C=O) groups excluding carboxylic acids is 4. The Kier molecular flexibility index (Phi) is 12.2. The fourth-order valence-corrected chi connectivity index (χ4v) is 7.69. The van der Waals surface area contributed by atoms with Crippen molar-refractivity contribution < 1.29 is 28.7 Å². The normalized spacial score (nSPS) is 18.6. The largest absolute Gasteiger partial charge is 0.425 e. The monoisotopic (exact) mass is 681 g/mol. The Morgan fingerprint density at radius 1 is 1.24 bits per heavy atom. The van der Waals surface area contributed by atoms with Gasteiger partial charge in [0.15, 0.2) is 5.13 Å². The topological polar surface area (TPSA) is 188 Å². The summed E-state index contributed by atoms with van der Waals surface area (Å²) in [6.07, 6.45) is 0.698. The van der Waals surface area contributed by atoms with E-state index in [2.05, 4.69) is 25.8 Å². The molecule has 3 atom stereocenters. The standard InChI is InChI=1S/C27H39N9O6S3/c1-6-16(7-2)10-20(38)41-15(3)42-25(40)22-17(13-45-27-31-32-33-35(27)9-8-34(4)5)12-43-24-21(23(39)36(22)24)30-19(37)11-18-14-44-26(28)29-18/h14-16,21,24H,6-13H2,1-5H3,(H2,28,29)(H,30,37)/t15?,21-,24+/m1/s1. The molecule has 18 heteroatoms. The number of nitrogens with zero attached hydrogens (tertiary/aromatic N) is 7. The number of nitrogens with one attached hydrogen (secondary N) is 1. The van der Waals surface area contributed by atoms with E-state index in [1.807, 2.05) is 32.8 Å². The number of nitrogen functional groups attached to an aromatic ring is 1. The summed E-state index contributed by atoms with van der Waals surface area (Å²) in [6, 6.07) is -0.830. The molecule has 15 nitrogen and oxygen atoms in total. The number of esters is 2. The molecule has 2 amide bonds. The Bertz CT molecular complexity index is 1410. The zero-order chi connectivity index (χ0) is 32.7. The lowest BCUT2D eigenvalue weighted by molar-refractivity contribution is -0.184. The molecule has 0 aliphatic carbocycles. The first-order valence-corrected chi connectivity index (χ1v) is 17.5. The Morgan fingerprint density at radius 3 is 2.67 bits per heavy atom. The van der Waals surface area contributed by atoms with Crippen molar-refractivity contribution >= 4 is 63.7 Å². The number of tetrazole rings is 1. The average Bonchev–Trinajstić information content (AvgIpc) is 3.63. The molecule has 0 radical (unpaired) electrons. The predicted molar refractivity (Wildman–Crippen MR) is 170 cm³/mol. The molecule has 2 aromatic rings. The van der Waals surface area contributed by atoms with Gasteiger partial charge in [-0.2, -0.15) is 0 Å². The number of anilines is 1. The maximum Gasteiger partial charge on any atom is 0.358 e. The van der Waals surface area contributed by atoms with Crippen LogP contribution in [0.3, 0.4) is 0 Å². The second-order valence-electron chi connectivity index (χ2n) is 10.9. The van der Waals surface area contributed by atoms with Crippen LogP contribution in [0.25, 0.3) is 0 Å². The zero-order valence-electron chi connectivity index (χ0n) is 25.9. The number of ether oxygens (including phenoxy) is 2. The van der Waals surface area contributed by atoms with Gasteiger partial charge in [-0.05, 0) is 36.0 Å². The van der Waals surface area contributed by atoms with Gasteiger partial charge in [0.25, 0.3) is 5.91 Å². The summed E-state index contributed by atoms with van der Waals surface area (Å²) < 4.78 is 12.6. The maximum atomic E-state index is 13.6. The Balaban J connectivity index is 1.48. The molecule has 1 unspecified atom stereocenters. The van der Waals surface area contributed by atoms with E-state index in [4.69, 9.17) is 15.2 Å². The molecule has 2 aromatic heterocycles. The van der Waals surface area contributed by atoms with Crippen LogP contribution >= 0.6 is 34.9 Å². The predicted octanol–water partition coefficient (Wildman–Crippen LogP) is 1.52. The van der Waals surface area contributed by atoms with E-state index < -0.39 is 35.6 Å². The summed E-state index contributed by atoms with van der Waals surface area (Å²) in [5.74, 6) is -1.19. The van der Waals surface area contributed by atoms with Crippen molar-refractivity contribution in [3.63, 3.8) is 0 Å². The minimum Gasteiger partial charge on any atom is -0.425 e. The smallest absolute Gasteiger partial charge is 0.358 e. The summed E-state index contributed by atoms with van der Waals surface area (Å²) >= 11 is 4.00. The lowest BCUT2D eigenvalue weighted by atomic mass is 10.00. The van der Waals surface area contributed by atoms with E-state index in [0.717, 1.165) is 19.4 Å². The second kappa shape index (κ2) is 15.9. The van der Waals surface area contributed by atoms with Crippen molar-refractivity contribution in [1.29, 1.82) is 0 Å². The van der Waals surface area contributed by atoms with Crippen molar-refractivity contribution in [2.45, 2.75) is 75.9 Å². The van der Waals surface area contributed by atoms with Gasteiger partial charge in [0.05, 0.1) is 18.7 Å². The molecule has 3 N–H and O–H groups in total. The molecule has 45 heavy (non-hydrogen) atoms. The van der Waals surface area contributed by atoms with Crippen molar-refractivity contribution in [3.05, 3.63) is 22.3 Å². The minimum atomic E-state index is -1.16. The number of thiazole rings is 1. The van der Waals surface area contributed by atoms with Crippen LogP contribution in [0.15, 0.2) is 21.8 Å². The van der Waals surface area contributed by atoms with Crippen LogP contribution in [-0.2, 0) is 41.6 Å². The lowest BCUT2D eigenvalue weighted by Crippen LogP contribution is -2.70. The molecule has 4 heterocycles. The number of hydrogen-bond donors (Lipinski definition) is 2. The van der Waals surface area contributed by atoms with Gasteiger partial charge < -0.3 is 25.4 Å². The maximum absolute atomic E-state index is 13.6. The number of aromatic nitrogens is 5. The molecule has 0 bridgehead atoms. The Labute approximate surface area is 274 Å². The van der Waals surface area contributed by atoms with Crippen molar-refractivity contribution in [2.75, 3.05) is 37.9 Å². The van der Waals surface area contributed by atoms with Crippen LogP contribution in [0, 0.1) is 5.92 Å². The number of nitrogens with two attached hydrogens (primary N) is 1. The average molecular weight is 682 g/mol. The second-order valence-corrected chi connectivity index (χ2v) is 13.8. The van der Waals surface area contributed by atoms with E-state index in [9.17, 15) is 19.2 Å². The van der Waals surface area contributed by atoms with Crippen molar-refractivity contribution in [3.8, 4) is 0 Å². The molecule has 0 spiro atoms. The van der Waals surface area contributed by atoms with Crippen LogP contribution in [0.4, 0.5) is 5.13 Å². The first-order chi connectivity index (χ1) is 21.5. The Hall–Kier alpha value is -3.22. The number of fused-ring (bicyclic) bond motifs is 1. The van der Waals surface area contributed by atoms with E-state index >= 15 is 0 Å². The highest BCUT2D eigenvalue weighted by molar-refractivity contribution is 8.01. The Morgan fingerprint density at radius 2 is 2.00 bits per heavy atom. The molecular weight excluding hydrogens is 643 g/mol. The highest BCUT2D eigenvalue weighted by Gasteiger charge is 2.54. The van der Waals surface area contributed by atoms with E-state index in [-0.39, 0.29) is 30.4 Å². The third-order valence-electron chi connectivity index (χ3n) is 7.28. The first kappa shape index (κ1) is 34.6. The number of thioether (sulfide) groups is 2. The molecule has 2 aliphatic heterocycles. The number of carbonyl (C=O) groups is 4. The van der Waals surface area contributed by atoms with Crippen molar-refractivity contribution in [1.82, 2.24) is 40.3 Å². The number of amides is 2. The molecule has 4 rings (SSSR count). The molecular formula is C27H39N9O6S3. The van der Waals surface area contributed by atoms with Gasteiger partial charge in [-0.15, -0.1) is 28.2 Å². The number of rotatable bonds is 16. The van der Waals surface area contributed by atoms with Gasteiger partial charge in [0.2, 0.25) is 17.4 Å². The summed E-state index contributed by atoms with van der Waals surface area (Å²) in [6.45, 7) is 6.79. The molecule has 1 fully saturated rings. The van der Waals surface area contributed by atoms with Crippen molar-refractivity contribution in [2.24, 2.45) is 5.92 Å². The van der Waals surface area contributed by atoms with E-state index in [0.29, 0.717) is 39.6 Å². The summed E-state index contributed by atoms with van der Waals surface area (Å²) in [4.78, 5) is 59.7. The summed E-state index contributed by atoms with van der Waals surface area (Å²) in [5, 5.41) is 16.8. The fourth-order valence-electron chi connectivity index (χ4n) is 4.74. The third-order valence-corrected chi connectivity index (χ3v) is 10.4. The van der Waals surface area contributed by atoms with Crippen LogP contribution in [-0.4, -0.2) is 109 Å². The molecule has 2 aliphatic rings. The SMILES string of the molecule is CCC(CC)CC(=O)OC(C)OC(=O)C1=C(CSc2nnnn2CCN(C)C)CS[C@H]2[C@H](NC(=O)Cc3csc(N)n3)C(=O)N12. The van der Waals surface area contributed by atoms with Crippen LogP contribution in [0.2, 0.25) is 0 Å². The third kappa shape index (κ3) is 8.95.